The number of benzene rings is 1. The van der Waals surface area contributed by atoms with E-state index in [0.29, 0.717) is 12.0 Å². The van der Waals surface area contributed by atoms with Gasteiger partial charge in [0.1, 0.15) is 0 Å². The lowest BCUT2D eigenvalue weighted by Gasteiger charge is -2.32. The number of rotatable bonds is 3. The normalized spacial score (nSPS) is 20.3. The number of aliphatic hydroxyl groups excluding tert-OH is 1. The zero-order chi connectivity index (χ0) is 26.3. The van der Waals surface area contributed by atoms with Crippen LogP contribution < -0.4 is 10.6 Å². The third-order valence-electron chi connectivity index (χ3n) is 6.80. The van der Waals surface area contributed by atoms with E-state index in [1.165, 1.54) is 58.4 Å². The van der Waals surface area contributed by atoms with Crippen LogP contribution in [0.4, 0.5) is 0 Å². The van der Waals surface area contributed by atoms with Gasteiger partial charge in [-0.2, -0.15) is 0 Å². The Morgan fingerprint density at radius 3 is 2.26 bits per heavy atom. The summed E-state index contributed by atoms with van der Waals surface area (Å²) in [5.41, 5.74) is 13.2. The van der Waals surface area contributed by atoms with Crippen molar-refractivity contribution in [2.45, 2.75) is 79.3 Å². The summed E-state index contributed by atoms with van der Waals surface area (Å²) in [6.45, 7) is 16.8. The van der Waals surface area contributed by atoms with E-state index in [0.717, 1.165) is 13.7 Å². The minimum atomic E-state index is -0.250. The first-order valence-corrected chi connectivity index (χ1v) is 12.6. The molecule has 2 atom stereocenters. The fourth-order valence-electron chi connectivity index (χ4n) is 5.68. The predicted molar refractivity (Wildman–Crippen MR) is 146 cm³/mol. The van der Waals surface area contributed by atoms with Gasteiger partial charge in [-0.1, -0.05) is 42.8 Å². The molecule has 192 valence electrons. The monoisotopic (exact) mass is 480 g/mol. The van der Waals surface area contributed by atoms with Crippen molar-refractivity contribution in [3.8, 4) is 0 Å². The fraction of sp³-hybridized carbons (Fsp3) is 0.500. The summed E-state index contributed by atoms with van der Waals surface area (Å²) in [6.07, 6.45) is 6.25. The standard InChI is InChI=1S/C28H38N2.CH2O2.CH4O/c1-17-11-13-21(14-12-17)26-19(3)27-23-10-8-9-22(23)16-29-24(27)15-18(2)25(26)20(4)30-28(5,6)7;2-1-3;1-2/h11-15,18,20,29-30H,8-10,16H2,1-7H3;1H,(H,2,3);2H,1H3/t18?,20-;;/m1../s1. The third kappa shape index (κ3) is 6.74. The van der Waals surface area contributed by atoms with Crippen molar-refractivity contribution in [1.29, 1.82) is 0 Å². The summed E-state index contributed by atoms with van der Waals surface area (Å²) in [7, 11) is 1.00. The fourth-order valence-corrected chi connectivity index (χ4v) is 5.68. The van der Waals surface area contributed by atoms with Crippen LogP contribution in [0.25, 0.3) is 5.57 Å². The Labute approximate surface area is 211 Å². The molecule has 1 aromatic rings. The Hall–Kier alpha value is -2.63. The van der Waals surface area contributed by atoms with Crippen molar-refractivity contribution < 1.29 is 15.0 Å². The first kappa shape index (κ1) is 28.6. The molecule has 5 heteroatoms. The molecule has 3 aliphatic rings. The van der Waals surface area contributed by atoms with E-state index < -0.39 is 0 Å². The van der Waals surface area contributed by atoms with Crippen LogP contribution in [0.3, 0.4) is 0 Å². The molecular formula is C30H44N2O3. The molecule has 4 rings (SSSR count). The van der Waals surface area contributed by atoms with Crippen LogP contribution in [0.5, 0.6) is 0 Å². The Bertz CT molecular complexity index is 1020. The topological polar surface area (TPSA) is 81.6 Å². The van der Waals surface area contributed by atoms with E-state index in [4.69, 9.17) is 15.0 Å². The number of hydrogen-bond acceptors (Lipinski definition) is 4. The van der Waals surface area contributed by atoms with Gasteiger partial charge in [0.15, 0.2) is 0 Å². The highest BCUT2D eigenvalue weighted by molar-refractivity contribution is 5.86. The molecule has 35 heavy (non-hydrogen) atoms. The number of hydrogen-bond donors (Lipinski definition) is 4. The molecule has 0 saturated carbocycles. The van der Waals surface area contributed by atoms with Gasteiger partial charge < -0.3 is 20.8 Å². The minimum Gasteiger partial charge on any atom is -0.483 e. The zero-order valence-corrected chi connectivity index (χ0v) is 22.7. The predicted octanol–water partition coefficient (Wildman–Crippen LogP) is 5.77. The molecule has 1 unspecified atom stereocenters. The number of carboxylic acid groups (broad SMARTS) is 1. The summed E-state index contributed by atoms with van der Waals surface area (Å²) in [5, 5.41) is 21.5. The van der Waals surface area contributed by atoms with Gasteiger partial charge in [-0.05, 0) is 100 Å². The van der Waals surface area contributed by atoms with E-state index in [1.807, 2.05) is 0 Å². The quantitative estimate of drug-likeness (QED) is 0.413. The first-order chi connectivity index (χ1) is 16.6. The number of nitrogens with one attached hydrogen (secondary N) is 2. The Balaban J connectivity index is 0.000000803. The largest absolute Gasteiger partial charge is 0.483 e. The molecule has 2 aliphatic carbocycles. The Morgan fingerprint density at radius 2 is 1.69 bits per heavy atom. The van der Waals surface area contributed by atoms with Gasteiger partial charge in [0.05, 0.1) is 0 Å². The average molecular weight is 481 g/mol. The van der Waals surface area contributed by atoms with E-state index in [9.17, 15) is 0 Å². The highest BCUT2D eigenvalue weighted by Gasteiger charge is 2.33. The van der Waals surface area contributed by atoms with E-state index in [2.05, 4.69) is 89.4 Å². The molecule has 0 aromatic heterocycles. The molecule has 1 heterocycles. The maximum absolute atomic E-state index is 8.36. The molecule has 4 N–H and O–H groups in total. The third-order valence-corrected chi connectivity index (χ3v) is 6.80. The highest BCUT2D eigenvalue weighted by Crippen LogP contribution is 2.45. The number of aryl methyl sites for hydroxylation is 1. The van der Waals surface area contributed by atoms with Gasteiger partial charge in [-0.3, -0.25) is 4.79 Å². The van der Waals surface area contributed by atoms with Gasteiger partial charge >= 0.3 is 0 Å². The maximum atomic E-state index is 8.36. The van der Waals surface area contributed by atoms with Crippen LogP contribution in [-0.2, 0) is 4.79 Å². The van der Waals surface area contributed by atoms with Crippen molar-refractivity contribution in [3.05, 3.63) is 75.0 Å². The van der Waals surface area contributed by atoms with E-state index >= 15 is 0 Å². The van der Waals surface area contributed by atoms with Crippen molar-refractivity contribution in [1.82, 2.24) is 10.6 Å². The van der Waals surface area contributed by atoms with Gasteiger partial charge in [-0.25, -0.2) is 0 Å². The molecule has 0 amide bonds. The molecule has 5 nitrogen and oxygen atoms in total. The summed E-state index contributed by atoms with van der Waals surface area (Å²) >= 11 is 0. The second kappa shape index (κ2) is 12.4. The van der Waals surface area contributed by atoms with E-state index in [1.54, 1.807) is 11.1 Å². The number of aliphatic hydroxyl groups is 1. The van der Waals surface area contributed by atoms with Gasteiger partial charge in [0.2, 0.25) is 0 Å². The Morgan fingerprint density at radius 1 is 1.09 bits per heavy atom. The van der Waals surface area contributed by atoms with Crippen LogP contribution in [0.2, 0.25) is 0 Å². The van der Waals surface area contributed by atoms with Crippen molar-refractivity contribution >= 4 is 12.0 Å². The highest BCUT2D eigenvalue weighted by atomic mass is 16.3. The Kier molecular flexibility index (Phi) is 10.1. The van der Waals surface area contributed by atoms with Crippen LogP contribution in [0.15, 0.2) is 63.9 Å². The van der Waals surface area contributed by atoms with Crippen LogP contribution in [0.1, 0.15) is 71.9 Å². The second-order valence-corrected chi connectivity index (χ2v) is 10.6. The van der Waals surface area contributed by atoms with E-state index in [-0.39, 0.29) is 12.0 Å². The number of fused-ring (bicyclic) bond motifs is 2. The summed E-state index contributed by atoms with van der Waals surface area (Å²) < 4.78 is 0. The van der Waals surface area contributed by atoms with Gasteiger partial charge in [0, 0.05) is 36.5 Å². The molecule has 0 saturated heterocycles. The number of allylic oxidation sites excluding steroid dienone is 4. The molecule has 0 radical (unpaired) electrons. The lowest BCUT2D eigenvalue weighted by Crippen LogP contribution is -2.44. The smallest absolute Gasteiger partial charge is 0.290 e. The van der Waals surface area contributed by atoms with Crippen molar-refractivity contribution in [2.24, 2.45) is 5.92 Å². The second-order valence-electron chi connectivity index (χ2n) is 10.6. The SMILES string of the molecule is CC1=C2C(=CC(C)C([C@@H](C)NC(C)(C)C)=C1c1ccc(C)cc1)NCC1=C2CCC1.CO.O=CO. The lowest BCUT2D eigenvalue weighted by atomic mass is 9.82. The summed E-state index contributed by atoms with van der Waals surface area (Å²) in [6, 6.07) is 9.43. The molecule has 1 aliphatic heterocycles. The number of carbonyl (C=O) groups is 1. The molecule has 1 aromatic carbocycles. The van der Waals surface area contributed by atoms with Gasteiger partial charge in [-0.15, -0.1) is 0 Å². The van der Waals surface area contributed by atoms with Crippen molar-refractivity contribution in [3.63, 3.8) is 0 Å². The molecule has 0 fully saturated rings. The van der Waals surface area contributed by atoms with Crippen LogP contribution in [0, 0.1) is 12.8 Å². The van der Waals surface area contributed by atoms with Crippen molar-refractivity contribution in [2.75, 3.05) is 13.7 Å². The van der Waals surface area contributed by atoms with Crippen LogP contribution >= 0.6 is 0 Å². The summed E-state index contributed by atoms with van der Waals surface area (Å²) in [5.74, 6) is 0.365. The molecule has 0 bridgehead atoms. The molecular weight excluding hydrogens is 436 g/mol. The minimum absolute atomic E-state index is 0.0666. The summed E-state index contributed by atoms with van der Waals surface area (Å²) in [4.78, 5) is 8.36. The first-order valence-electron chi connectivity index (χ1n) is 12.6. The van der Waals surface area contributed by atoms with Crippen LogP contribution in [-0.4, -0.2) is 41.9 Å². The average Bonchev–Trinajstić information content (AvgIpc) is 3.23. The maximum Gasteiger partial charge on any atom is 0.290 e. The zero-order valence-electron chi connectivity index (χ0n) is 22.7. The molecule has 0 spiro atoms. The van der Waals surface area contributed by atoms with Gasteiger partial charge in [0.25, 0.3) is 6.47 Å². The lowest BCUT2D eigenvalue weighted by molar-refractivity contribution is -0.122.